The Bertz CT molecular complexity index is 2850. The van der Waals surface area contributed by atoms with Crippen LogP contribution in [0.25, 0.3) is 66.1 Å². The summed E-state index contributed by atoms with van der Waals surface area (Å²) in [5, 5.41) is 8.10. The first-order valence-corrected chi connectivity index (χ1v) is 17.9. The lowest BCUT2D eigenvalue weighted by Crippen LogP contribution is -2.36. The molecular formula is C49H33N3O. The van der Waals surface area contributed by atoms with Gasteiger partial charge in [-0.3, -0.25) is 0 Å². The minimum Gasteiger partial charge on any atom is -0.456 e. The molecule has 2 heterocycles. The van der Waals surface area contributed by atoms with Crippen molar-refractivity contribution in [3.8, 4) is 33.4 Å². The Labute approximate surface area is 307 Å². The van der Waals surface area contributed by atoms with Gasteiger partial charge in [-0.1, -0.05) is 158 Å². The van der Waals surface area contributed by atoms with Crippen molar-refractivity contribution >= 4 is 44.4 Å². The molecule has 0 radical (unpaired) electrons. The molecule has 1 N–H and O–H groups in total. The molecule has 1 aliphatic heterocycles. The number of aliphatic imine (C=N–C) groups is 2. The molecule has 0 saturated carbocycles. The quantitative estimate of drug-likeness (QED) is 0.190. The molecule has 53 heavy (non-hydrogen) atoms. The number of nitrogens with one attached hydrogen (secondary N) is 1. The van der Waals surface area contributed by atoms with E-state index in [0.29, 0.717) is 0 Å². The fraction of sp³-hybridized carbons (Fsp3) is 0.0204. The molecule has 9 aromatic rings. The van der Waals surface area contributed by atoms with Gasteiger partial charge in [0.05, 0.1) is 0 Å². The van der Waals surface area contributed by atoms with E-state index < -0.39 is 6.17 Å². The zero-order valence-corrected chi connectivity index (χ0v) is 28.8. The van der Waals surface area contributed by atoms with Crippen LogP contribution in [0.3, 0.4) is 0 Å². The highest BCUT2D eigenvalue weighted by atomic mass is 16.3. The summed E-state index contributed by atoms with van der Waals surface area (Å²) in [5.41, 5.74) is 11.5. The Kier molecular flexibility index (Phi) is 7.51. The minimum absolute atomic E-state index is 0.479. The van der Waals surface area contributed by atoms with Gasteiger partial charge in [-0.15, -0.1) is 0 Å². The van der Waals surface area contributed by atoms with Crippen molar-refractivity contribution in [1.82, 2.24) is 5.32 Å². The van der Waals surface area contributed by atoms with E-state index in [1.165, 1.54) is 16.5 Å². The molecular weight excluding hydrogens is 647 g/mol. The summed E-state index contributed by atoms with van der Waals surface area (Å²) in [4.78, 5) is 10.7. The molecule has 1 atom stereocenters. The van der Waals surface area contributed by atoms with Crippen LogP contribution in [0.1, 0.15) is 22.9 Å². The first kappa shape index (κ1) is 30.8. The van der Waals surface area contributed by atoms with Gasteiger partial charge < -0.3 is 9.73 Å². The summed E-state index contributed by atoms with van der Waals surface area (Å²) < 4.78 is 6.53. The number of hydrogen-bond donors (Lipinski definition) is 1. The van der Waals surface area contributed by atoms with Crippen LogP contribution in [0.5, 0.6) is 0 Å². The van der Waals surface area contributed by atoms with Crippen LogP contribution in [-0.2, 0) is 0 Å². The summed E-state index contributed by atoms with van der Waals surface area (Å²) in [6, 6.07) is 65.8. The third-order valence-corrected chi connectivity index (χ3v) is 10.1. The number of rotatable bonds is 6. The zero-order chi connectivity index (χ0) is 35.1. The van der Waals surface area contributed by atoms with E-state index >= 15 is 0 Å². The molecule has 0 saturated heterocycles. The van der Waals surface area contributed by atoms with E-state index in [-0.39, 0.29) is 0 Å². The maximum absolute atomic E-state index is 6.53. The number of amidine groups is 2. The van der Waals surface area contributed by atoms with Gasteiger partial charge in [0.15, 0.2) is 6.17 Å². The van der Waals surface area contributed by atoms with Gasteiger partial charge in [-0.25, -0.2) is 9.98 Å². The molecule has 4 heteroatoms. The molecule has 0 spiro atoms. The summed E-state index contributed by atoms with van der Waals surface area (Å²) in [5.74, 6) is 1.52. The van der Waals surface area contributed by atoms with Crippen LogP contribution in [0.15, 0.2) is 202 Å². The van der Waals surface area contributed by atoms with Gasteiger partial charge in [0.1, 0.15) is 22.8 Å². The van der Waals surface area contributed by atoms with Gasteiger partial charge in [0.25, 0.3) is 0 Å². The van der Waals surface area contributed by atoms with Gasteiger partial charge >= 0.3 is 0 Å². The summed E-state index contributed by atoms with van der Waals surface area (Å²) in [6.07, 6.45) is -0.479. The van der Waals surface area contributed by atoms with Crippen LogP contribution in [0, 0.1) is 0 Å². The van der Waals surface area contributed by atoms with Gasteiger partial charge in [-0.2, -0.15) is 0 Å². The van der Waals surface area contributed by atoms with Crippen LogP contribution < -0.4 is 5.32 Å². The molecule has 8 aromatic carbocycles. The lowest BCUT2D eigenvalue weighted by Gasteiger charge is -2.24. The second-order valence-corrected chi connectivity index (χ2v) is 13.4. The summed E-state index contributed by atoms with van der Waals surface area (Å²) in [6.45, 7) is 0. The Balaban J connectivity index is 1.14. The van der Waals surface area contributed by atoms with Crippen LogP contribution in [0.4, 0.5) is 0 Å². The third-order valence-electron chi connectivity index (χ3n) is 10.1. The number of fused-ring (bicyclic) bond motifs is 4. The number of benzene rings is 8. The van der Waals surface area contributed by atoms with Gasteiger partial charge in [-0.05, 0) is 80.0 Å². The fourth-order valence-corrected chi connectivity index (χ4v) is 7.50. The predicted molar refractivity (Wildman–Crippen MR) is 219 cm³/mol. The van der Waals surface area contributed by atoms with Crippen LogP contribution in [0.2, 0.25) is 0 Å². The fourth-order valence-electron chi connectivity index (χ4n) is 7.50. The molecule has 0 bridgehead atoms. The predicted octanol–water partition coefficient (Wildman–Crippen LogP) is 12.2. The normalized spacial score (nSPS) is 14.2. The molecule has 0 amide bonds. The first-order chi connectivity index (χ1) is 26.2. The smallest absolute Gasteiger partial charge is 0.169 e. The maximum atomic E-state index is 6.53. The van der Waals surface area contributed by atoms with E-state index in [2.05, 4.69) is 169 Å². The van der Waals surface area contributed by atoms with Crippen molar-refractivity contribution < 1.29 is 4.42 Å². The maximum Gasteiger partial charge on any atom is 0.169 e. The Morgan fingerprint density at radius 2 is 0.981 bits per heavy atom. The van der Waals surface area contributed by atoms with Crippen molar-refractivity contribution in [2.24, 2.45) is 9.98 Å². The average molecular weight is 680 g/mol. The van der Waals surface area contributed by atoms with Crippen molar-refractivity contribution in [1.29, 1.82) is 0 Å². The van der Waals surface area contributed by atoms with E-state index in [1.54, 1.807) is 0 Å². The number of furan rings is 1. The van der Waals surface area contributed by atoms with Crippen molar-refractivity contribution in [3.05, 3.63) is 205 Å². The summed E-state index contributed by atoms with van der Waals surface area (Å²) in [7, 11) is 0. The van der Waals surface area contributed by atoms with Gasteiger partial charge in [0, 0.05) is 21.9 Å². The molecule has 0 fully saturated rings. The number of nitrogens with zero attached hydrogens (tertiary/aromatic N) is 2. The monoisotopic (exact) mass is 679 g/mol. The molecule has 4 nitrogen and oxygen atoms in total. The van der Waals surface area contributed by atoms with E-state index in [0.717, 1.165) is 77.9 Å². The SMILES string of the molecule is c1ccc(-c2ccc3ccc(C4N=C(c5ccccc5-c5ccccc5)NC(c5cccc6oc7cc(-c8ccccc8)ccc7c56)=N4)cc3c2)cc1. The molecule has 1 aliphatic rings. The molecule has 0 aliphatic carbocycles. The minimum atomic E-state index is -0.479. The standard InChI is InChI=1S/C49H33N3O/c1-4-13-32(14-5-1)36-25-23-34-24-26-38(30-39(34)29-36)47-50-48(41-20-11-10-19-40(41)35-17-8-3-9-18-35)52-49(51-47)43-21-12-22-44-46(43)42-28-27-37(31-45(42)53-44)33-15-6-2-7-16-33/h1-31,47H,(H,50,51,52). The zero-order valence-electron chi connectivity index (χ0n) is 28.8. The lowest BCUT2D eigenvalue weighted by atomic mass is 9.97. The van der Waals surface area contributed by atoms with Crippen LogP contribution in [-0.4, -0.2) is 11.7 Å². The molecule has 10 rings (SSSR count). The third kappa shape index (κ3) is 5.67. The highest BCUT2D eigenvalue weighted by Crippen LogP contribution is 2.37. The highest BCUT2D eigenvalue weighted by molar-refractivity contribution is 6.24. The van der Waals surface area contributed by atoms with E-state index in [4.69, 9.17) is 14.4 Å². The lowest BCUT2D eigenvalue weighted by molar-refractivity contribution is 0.669. The number of hydrogen-bond acceptors (Lipinski definition) is 4. The van der Waals surface area contributed by atoms with Gasteiger partial charge in [0.2, 0.25) is 0 Å². The first-order valence-electron chi connectivity index (χ1n) is 17.9. The molecule has 250 valence electrons. The van der Waals surface area contributed by atoms with E-state index in [1.807, 2.05) is 24.3 Å². The van der Waals surface area contributed by atoms with Crippen molar-refractivity contribution in [2.45, 2.75) is 6.17 Å². The van der Waals surface area contributed by atoms with E-state index in [9.17, 15) is 0 Å². The molecule has 1 aromatic heterocycles. The topological polar surface area (TPSA) is 49.9 Å². The summed E-state index contributed by atoms with van der Waals surface area (Å²) >= 11 is 0. The Morgan fingerprint density at radius 1 is 0.396 bits per heavy atom. The van der Waals surface area contributed by atoms with Crippen molar-refractivity contribution in [3.63, 3.8) is 0 Å². The molecule has 1 unspecified atom stereocenters. The average Bonchev–Trinajstić information content (AvgIpc) is 3.62. The second kappa shape index (κ2) is 12.9. The Morgan fingerprint density at radius 3 is 1.72 bits per heavy atom. The highest BCUT2D eigenvalue weighted by Gasteiger charge is 2.25. The Hall–Kier alpha value is -7.04. The largest absolute Gasteiger partial charge is 0.456 e. The van der Waals surface area contributed by atoms with Crippen molar-refractivity contribution in [2.75, 3.05) is 0 Å². The van der Waals surface area contributed by atoms with Crippen LogP contribution >= 0.6 is 0 Å². The second-order valence-electron chi connectivity index (χ2n) is 13.4.